The van der Waals surface area contributed by atoms with Crippen LogP contribution in [0.25, 0.3) is 0 Å². The Labute approximate surface area is 127 Å². The van der Waals surface area contributed by atoms with Gasteiger partial charge in [-0.1, -0.05) is 15.9 Å². The normalized spacial score (nSPS) is 10.5. The van der Waals surface area contributed by atoms with Gasteiger partial charge >= 0.3 is 0 Å². The second kappa shape index (κ2) is 6.74. The number of nitrogens with one attached hydrogen (secondary N) is 1. The molecule has 0 saturated heterocycles. The van der Waals surface area contributed by atoms with Crippen molar-refractivity contribution in [2.75, 3.05) is 12.5 Å². The number of hydrazine groups is 1. The summed E-state index contributed by atoms with van der Waals surface area (Å²) in [6.07, 6.45) is 0. The van der Waals surface area contributed by atoms with Gasteiger partial charge in [0.25, 0.3) is 0 Å². The SMILES string of the molecule is COCc1nc(NN)cc(Oc2cc(Br)cc(F)c2F)n1. The van der Waals surface area contributed by atoms with Gasteiger partial charge in [-0.2, -0.15) is 9.37 Å². The monoisotopic (exact) mass is 360 g/mol. The van der Waals surface area contributed by atoms with Crippen molar-refractivity contribution in [2.24, 2.45) is 5.84 Å². The van der Waals surface area contributed by atoms with Crippen LogP contribution in [0.2, 0.25) is 0 Å². The van der Waals surface area contributed by atoms with Gasteiger partial charge in [-0.15, -0.1) is 0 Å². The molecular weight excluding hydrogens is 350 g/mol. The second-order valence-corrected chi connectivity index (χ2v) is 4.80. The lowest BCUT2D eigenvalue weighted by molar-refractivity contribution is 0.177. The molecule has 1 aromatic carbocycles. The Hall–Kier alpha value is -1.84. The first-order chi connectivity index (χ1) is 10.0. The van der Waals surface area contributed by atoms with E-state index in [9.17, 15) is 8.78 Å². The Morgan fingerprint density at radius 3 is 2.71 bits per heavy atom. The van der Waals surface area contributed by atoms with Crippen molar-refractivity contribution in [3.8, 4) is 11.6 Å². The van der Waals surface area contributed by atoms with Gasteiger partial charge in [-0.3, -0.25) is 0 Å². The Kier molecular flexibility index (Phi) is 4.99. The third-order valence-corrected chi connectivity index (χ3v) is 2.80. The third kappa shape index (κ3) is 3.84. The molecule has 3 N–H and O–H groups in total. The van der Waals surface area contributed by atoms with Crippen LogP contribution in [0, 0.1) is 11.6 Å². The molecule has 0 bridgehead atoms. The van der Waals surface area contributed by atoms with Crippen LogP contribution >= 0.6 is 15.9 Å². The molecule has 0 atom stereocenters. The van der Waals surface area contributed by atoms with Crippen molar-refractivity contribution in [3.63, 3.8) is 0 Å². The van der Waals surface area contributed by atoms with E-state index in [0.29, 0.717) is 4.47 Å². The average Bonchev–Trinajstić information content (AvgIpc) is 2.44. The summed E-state index contributed by atoms with van der Waals surface area (Å²) >= 11 is 3.06. The molecule has 0 amide bonds. The smallest absolute Gasteiger partial charge is 0.224 e. The Bertz CT molecular complexity index is 657. The van der Waals surface area contributed by atoms with Crippen molar-refractivity contribution in [1.82, 2.24) is 9.97 Å². The lowest BCUT2D eigenvalue weighted by atomic mass is 10.3. The maximum absolute atomic E-state index is 13.7. The number of methoxy groups -OCH3 is 1. The number of aromatic nitrogens is 2. The number of halogens is 3. The molecule has 0 fully saturated rings. The molecule has 0 radical (unpaired) electrons. The highest BCUT2D eigenvalue weighted by molar-refractivity contribution is 9.10. The van der Waals surface area contributed by atoms with E-state index < -0.39 is 11.6 Å². The summed E-state index contributed by atoms with van der Waals surface area (Å²) in [4.78, 5) is 8.02. The molecular formula is C12H11BrF2N4O2. The van der Waals surface area contributed by atoms with Crippen molar-refractivity contribution in [2.45, 2.75) is 6.61 Å². The van der Waals surface area contributed by atoms with Gasteiger partial charge in [0.1, 0.15) is 12.4 Å². The first-order valence-corrected chi connectivity index (χ1v) is 6.48. The molecule has 112 valence electrons. The van der Waals surface area contributed by atoms with Crippen molar-refractivity contribution < 1.29 is 18.3 Å². The predicted molar refractivity (Wildman–Crippen MR) is 74.7 cm³/mol. The van der Waals surface area contributed by atoms with Crippen LogP contribution in [0.3, 0.4) is 0 Å². The zero-order chi connectivity index (χ0) is 15.4. The number of hydrogen-bond acceptors (Lipinski definition) is 6. The molecule has 2 rings (SSSR count). The van der Waals surface area contributed by atoms with Crippen LogP contribution in [0.4, 0.5) is 14.6 Å². The highest BCUT2D eigenvalue weighted by Gasteiger charge is 2.14. The molecule has 6 nitrogen and oxygen atoms in total. The van der Waals surface area contributed by atoms with Gasteiger partial charge < -0.3 is 14.9 Å². The average molecular weight is 361 g/mol. The second-order valence-electron chi connectivity index (χ2n) is 3.89. The summed E-state index contributed by atoms with van der Waals surface area (Å²) in [5, 5.41) is 0. The number of nitrogens with two attached hydrogens (primary N) is 1. The van der Waals surface area contributed by atoms with Crippen LogP contribution < -0.4 is 16.0 Å². The van der Waals surface area contributed by atoms with E-state index >= 15 is 0 Å². The molecule has 1 aromatic heterocycles. The topological polar surface area (TPSA) is 82.3 Å². The fourth-order valence-electron chi connectivity index (χ4n) is 1.51. The lowest BCUT2D eigenvalue weighted by Crippen LogP contribution is -2.11. The molecule has 1 heterocycles. The fraction of sp³-hybridized carbons (Fsp3) is 0.167. The summed E-state index contributed by atoms with van der Waals surface area (Å²) in [7, 11) is 1.47. The summed E-state index contributed by atoms with van der Waals surface area (Å²) in [6, 6.07) is 3.62. The van der Waals surface area contributed by atoms with Crippen LogP contribution in [0.5, 0.6) is 11.6 Å². The van der Waals surface area contributed by atoms with Gasteiger partial charge in [-0.25, -0.2) is 15.2 Å². The van der Waals surface area contributed by atoms with E-state index in [2.05, 4.69) is 31.3 Å². The number of nitrogens with zero attached hydrogens (tertiary/aromatic N) is 2. The molecule has 0 spiro atoms. The number of hydrogen-bond donors (Lipinski definition) is 2. The number of ether oxygens (including phenoxy) is 2. The van der Waals surface area contributed by atoms with Gasteiger partial charge in [0.05, 0.1) is 0 Å². The van der Waals surface area contributed by atoms with Gasteiger partial charge in [0.2, 0.25) is 11.7 Å². The minimum Gasteiger partial charge on any atom is -0.436 e. The first-order valence-electron chi connectivity index (χ1n) is 5.69. The predicted octanol–water partition coefficient (Wildman–Crippen LogP) is 2.74. The summed E-state index contributed by atoms with van der Waals surface area (Å²) in [6.45, 7) is 0.112. The lowest BCUT2D eigenvalue weighted by Gasteiger charge is -2.10. The van der Waals surface area contributed by atoms with E-state index in [1.807, 2.05) is 0 Å². The first kappa shape index (κ1) is 15.5. The van der Waals surface area contributed by atoms with Crippen LogP contribution in [0.1, 0.15) is 5.82 Å². The highest BCUT2D eigenvalue weighted by atomic mass is 79.9. The molecule has 0 aliphatic rings. The summed E-state index contributed by atoms with van der Waals surface area (Å²) in [5.41, 5.74) is 2.33. The van der Waals surface area contributed by atoms with Gasteiger partial charge in [0, 0.05) is 17.6 Å². The maximum atomic E-state index is 13.7. The zero-order valence-electron chi connectivity index (χ0n) is 10.9. The molecule has 0 saturated carbocycles. The summed E-state index contributed by atoms with van der Waals surface area (Å²) < 4.78 is 37.5. The third-order valence-electron chi connectivity index (χ3n) is 2.34. The minimum absolute atomic E-state index is 0.00130. The van der Waals surface area contributed by atoms with E-state index in [4.69, 9.17) is 15.3 Å². The number of anilines is 1. The molecule has 9 heteroatoms. The Morgan fingerprint density at radius 2 is 2.05 bits per heavy atom. The molecule has 0 unspecified atom stereocenters. The van der Waals surface area contributed by atoms with E-state index in [-0.39, 0.29) is 29.9 Å². The highest BCUT2D eigenvalue weighted by Crippen LogP contribution is 2.29. The number of benzene rings is 1. The van der Waals surface area contributed by atoms with Gasteiger partial charge in [0.15, 0.2) is 17.4 Å². The quantitative estimate of drug-likeness (QED) is 0.484. The van der Waals surface area contributed by atoms with Crippen molar-refractivity contribution in [3.05, 3.63) is 40.1 Å². The van der Waals surface area contributed by atoms with Gasteiger partial charge in [-0.05, 0) is 12.1 Å². The Balaban J connectivity index is 2.37. The molecule has 2 aromatic rings. The van der Waals surface area contributed by atoms with Crippen LogP contribution in [0.15, 0.2) is 22.7 Å². The molecule has 0 aliphatic carbocycles. The molecule has 21 heavy (non-hydrogen) atoms. The van der Waals surface area contributed by atoms with Crippen LogP contribution in [-0.2, 0) is 11.3 Å². The van der Waals surface area contributed by atoms with Crippen molar-refractivity contribution >= 4 is 21.7 Å². The zero-order valence-corrected chi connectivity index (χ0v) is 12.4. The maximum Gasteiger partial charge on any atom is 0.224 e. The largest absolute Gasteiger partial charge is 0.436 e. The summed E-state index contributed by atoms with van der Waals surface area (Å²) in [5.74, 6) is 3.34. The van der Waals surface area contributed by atoms with E-state index in [1.54, 1.807) is 0 Å². The minimum atomic E-state index is -1.12. The molecule has 0 aliphatic heterocycles. The number of nitrogen functional groups attached to an aromatic ring is 1. The standard InChI is InChI=1S/C12H11BrF2N4O2/c1-20-5-10-17-9(19-16)4-11(18-10)21-8-3-6(13)2-7(14)12(8)15/h2-4H,5,16H2,1H3,(H,17,18,19). The fourth-order valence-corrected chi connectivity index (χ4v) is 1.92. The van der Waals surface area contributed by atoms with E-state index in [0.717, 1.165) is 6.07 Å². The van der Waals surface area contributed by atoms with E-state index in [1.165, 1.54) is 19.2 Å². The Morgan fingerprint density at radius 1 is 1.29 bits per heavy atom. The van der Waals surface area contributed by atoms with Crippen LogP contribution in [-0.4, -0.2) is 17.1 Å². The number of rotatable bonds is 5. The van der Waals surface area contributed by atoms with Crippen molar-refractivity contribution in [1.29, 1.82) is 0 Å².